The molecule has 9 heteroatoms. The van der Waals surface area contributed by atoms with E-state index in [1.807, 2.05) is 41.4 Å². The minimum atomic E-state index is -0.289. The maximum absolute atomic E-state index is 14.0. The van der Waals surface area contributed by atoms with Crippen LogP contribution in [0.5, 0.6) is 0 Å². The normalized spacial score (nSPS) is 16.3. The number of imidazole rings is 1. The summed E-state index contributed by atoms with van der Waals surface area (Å²) in [5, 5.41) is 6.68. The summed E-state index contributed by atoms with van der Waals surface area (Å²) in [7, 11) is 1.73. The van der Waals surface area contributed by atoms with Gasteiger partial charge in [0.2, 0.25) is 0 Å². The minimum absolute atomic E-state index is 0. The molecule has 158 valence electrons. The fourth-order valence-corrected chi connectivity index (χ4v) is 3.45. The van der Waals surface area contributed by atoms with Crippen LogP contribution in [0.15, 0.2) is 59.9 Å². The van der Waals surface area contributed by atoms with Crippen molar-refractivity contribution in [2.24, 2.45) is 4.99 Å². The Labute approximate surface area is 192 Å². The fourth-order valence-electron chi connectivity index (χ4n) is 3.45. The molecule has 0 amide bonds. The van der Waals surface area contributed by atoms with Crippen LogP contribution in [0.4, 0.5) is 10.2 Å². The van der Waals surface area contributed by atoms with Gasteiger partial charge in [-0.05, 0) is 24.1 Å². The third kappa shape index (κ3) is 5.26. The van der Waals surface area contributed by atoms with Gasteiger partial charge >= 0.3 is 0 Å². The van der Waals surface area contributed by atoms with Crippen LogP contribution < -0.4 is 15.5 Å². The molecule has 7 nitrogen and oxygen atoms in total. The number of hydrogen-bond donors (Lipinski definition) is 3. The van der Waals surface area contributed by atoms with Crippen molar-refractivity contribution in [2.45, 2.75) is 19.0 Å². The van der Waals surface area contributed by atoms with Gasteiger partial charge in [-0.15, -0.1) is 24.0 Å². The first-order chi connectivity index (χ1) is 14.2. The molecule has 1 atom stereocenters. The number of pyridine rings is 1. The fraction of sp³-hybridized carbons (Fsp3) is 0.286. The van der Waals surface area contributed by atoms with Crippen LogP contribution in [0, 0.1) is 5.82 Å². The monoisotopic (exact) mass is 521 g/mol. The second-order valence-corrected chi connectivity index (χ2v) is 6.92. The highest BCUT2D eigenvalue weighted by atomic mass is 127. The van der Waals surface area contributed by atoms with Gasteiger partial charge in [-0.2, -0.15) is 0 Å². The number of benzene rings is 1. The van der Waals surface area contributed by atoms with E-state index in [4.69, 9.17) is 0 Å². The molecule has 30 heavy (non-hydrogen) atoms. The van der Waals surface area contributed by atoms with Crippen molar-refractivity contribution in [1.82, 2.24) is 25.6 Å². The number of halogens is 2. The van der Waals surface area contributed by atoms with Crippen LogP contribution in [0.2, 0.25) is 0 Å². The second kappa shape index (κ2) is 10.4. The molecule has 0 radical (unpaired) electrons. The molecule has 3 N–H and O–H groups in total. The molecule has 1 fully saturated rings. The van der Waals surface area contributed by atoms with Gasteiger partial charge in [0.15, 0.2) is 17.6 Å². The lowest BCUT2D eigenvalue weighted by Gasteiger charge is -2.19. The number of aromatic nitrogens is 3. The van der Waals surface area contributed by atoms with E-state index in [-0.39, 0.29) is 35.8 Å². The lowest BCUT2D eigenvalue weighted by Crippen LogP contribution is -2.44. The number of nitrogens with zero attached hydrogens (tertiary/aromatic N) is 4. The Morgan fingerprint density at radius 2 is 2.07 bits per heavy atom. The van der Waals surface area contributed by atoms with Crippen molar-refractivity contribution in [3.63, 3.8) is 0 Å². The number of H-pyrrole nitrogens is 1. The molecule has 4 rings (SSSR count). The third-order valence-electron chi connectivity index (χ3n) is 4.93. The van der Waals surface area contributed by atoms with Gasteiger partial charge in [0, 0.05) is 32.4 Å². The molecule has 1 aliphatic rings. The summed E-state index contributed by atoms with van der Waals surface area (Å²) in [4.78, 5) is 18.2. The van der Waals surface area contributed by atoms with Crippen molar-refractivity contribution in [2.75, 3.05) is 25.0 Å². The number of aliphatic imine (C=N–C) groups is 1. The van der Waals surface area contributed by atoms with E-state index >= 15 is 0 Å². The van der Waals surface area contributed by atoms with Gasteiger partial charge in [-0.25, -0.2) is 14.4 Å². The number of anilines is 1. The van der Waals surface area contributed by atoms with Gasteiger partial charge in [0.05, 0.1) is 18.4 Å². The molecular weight excluding hydrogens is 496 g/mol. The van der Waals surface area contributed by atoms with Gasteiger partial charge < -0.3 is 20.5 Å². The second-order valence-electron chi connectivity index (χ2n) is 6.92. The van der Waals surface area contributed by atoms with Crippen molar-refractivity contribution < 1.29 is 4.39 Å². The first-order valence-corrected chi connectivity index (χ1v) is 9.65. The Morgan fingerprint density at radius 3 is 2.83 bits per heavy atom. The molecule has 1 saturated heterocycles. The summed E-state index contributed by atoms with van der Waals surface area (Å²) in [6, 6.07) is 13.3. The zero-order valence-electron chi connectivity index (χ0n) is 16.7. The molecule has 2 aromatic heterocycles. The van der Waals surface area contributed by atoms with Crippen LogP contribution in [0.1, 0.15) is 12.2 Å². The largest absolute Gasteiger partial charge is 0.352 e. The summed E-state index contributed by atoms with van der Waals surface area (Å²) in [6.07, 6.45) is 4.33. The summed E-state index contributed by atoms with van der Waals surface area (Å²) >= 11 is 0. The minimum Gasteiger partial charge on any atom is -0.352 e. The lowest BCUT2D eigenvalue weighted by atomic mass is 10.2. The highest BCUT2D eigenvalue weighted by molar-refractivity contribution is 14.0. The van der Waals surface area contributed by atoms with Crippen LogP contribution in [-0.4, -0.2) is 47.1 Å². The van der Waals surface area contributed by atoms with E-state index in [1.165, 1.54) is 6.07 Å². The SMILES string of the molecule is CN=C(NCc1ncc(-c2ccccc2)[nH]1)NC1CCN(c2ncccc2F)C1.I. The van der Waals surface area contributed by atoms with Gasteiger partial charge in [-0.3, -0.25) is 4.99 Å². The van der Waals surface area contributed by atoms with Crippen LogP contribution in [0.3, 0.4) is 0 Å². The number of aromatic amines is 1. The molecular formula is C21H25FIN7. The summed E-state index contributed by atoms with van der Waals surface area (Å²) < 4.78 is 14.0. The zero-order chi connectivity index (χ0) is 20.1. The molecule has 3 heterocycles. The van der Waals surface area contributed by atoms with Crippen LogP contribution >= 0.6 is 24.0 Å². The van der Waals surface area contributed by atoms with E-state index < -0.39 is 0 Å². The van der Waals surface area contributed by atoms with Crippen molar-refractivity contribution in [3.8, 4) is 11.3 Å². The van der Waals surface area contributed by atoms with Gasteiger partial charge in [-0.1, -0.05) is 30.3 Å². The predicted octanol–water partition coefficient (Wildman–Crippen LogP) is 3.17. The number of nitrogens with one attached hydrogen (secondary N) is 3. The molecule has 0 aliphatic carbocycles. The van der Waals surface area contributed by atoms with Crippen molar-refractivity contribution in [1.29, 1.82) is 0 Å². The quantitative estimate of drug-likeness (QED) is 0.273. The van der Waals surface area contributed by atoms with Gasteiger partial charge in [0.1, 0.15) is 5.82 Å². The summed E-state index contributed by atoms with van der Waals surface area (Å²) in [5.74, 6) is 1.64. The van der Waals surface area contributed by atoms with E-state index in [0.29, 0.717) is 24.9 Å². The Balaban J connectivity index is 0.00000256. The summed E-state index contributed by atoms with van der Waals surface area (Å²) in [5.41, 5.74) is 2.08. The van der Waals surface area contributed by atoms with E-state index in [2.05, 4.69) is 30.6 Å². The molecule has 1 aromatic carbocycles. The first kappa shape index (κ1) is 22.0. The number of guanidine groups is 1. The molecule has 1 aliphatic heterocycles. The molecule has 0 bridgehead atoms. The third-order valence-corrected chi connectivity index (χ3v) is 4.93. The van der Waals surface area contributed by atoms with Crippen LogP contribution in [0.25, 0.3) is 11.3 Å². The van der Waals surface area contributed by atoms with E-state index in [9.17, 15) is 4.39 Å². The molecule has 3 aromatic rings. The number of hydrogen-bond acceptors (Lipinski definition) is 4. The van der Waals surface area contributed by atoms with E-state index in [1.54, 1.807) is 19.3 Å². The molecule has 0 saturated carbocycles. The Hall–Kier alpha value is -2.69. The van der Waals surface area contributed by atoms with Gasteiger partial charge in [0.25, 0.3) is 0 Å². The predicted molar refractivity (Wildman–Crippen MR) is 128 cm³/mol. The average molecular weight is 521 g/mol. The van der Waals surface area contributed by atoms with Crippen molar-refractivity contribution >= 4 is 35.8 Å². The standard InChI is InChI=1S/C21H24FN7.HI/c1-23-21(26-13-19-25-12-18(28-19)15-6-3-2-4-7-15)27-16-9-11-29(14-16)20-17(22)8-5-10-24-20;/h2-8,10,12,16H,9,11,13-14H2,1H3,(H,25,28)(H2,23,26,27);1H. The Bertz CT molecular complexity index is 976. The average Bonchev–Trinajstić information content (AvgIpc) is 3.42. The highest BCUT2D eigenvalue weighted by Crippen LogP contribution is 2.20. The Kier molecular flexibility index (Phi) is 7.61. The lowest BCUT2D eigenvalue weighted by molar-refractivity contribution is 0.612. The summed E-state index contributed by atoms with van der Waals surface area (Å²) in [6.45, 7) is 1.95. The zero-order valence-corrected chi connectivity index (χ0v) is 19.0. The number of rotatable bonds is 5. The van der Waals surface area contributed by atoms with Crippen LogP contribution in [-0.2, 0) is 6.54 Å². The first-order valence-electron chi connectivity index (χ1n) is 9.65. The maximum atomic E-state index is 14.0. The Morgan fingerprint density at radius 1 is 1.23 bits per heavy atom. The van der Waals surface area contributed by atoms with Crippen molar-refractivity contribution in [3.05, 3.63) is 66.5 Å². The molecule has 1 unspecified atom stereocenters. The smallest absolute Gasteiger partial charge is 0.191 e. The topological polar surface area (TPSA) is 81.2 Å². The maximum Gasteiger partial charge on any atom is 0.191 e. The highest BCUT2D eigenvalue weighted by Gasteiger charge is 2.25. The van der Waals surface area contributed by atoms with E-state index in [0.717, 1.165) is 30.0 Å². The molecule has 0 spiro atoms.